The minimum absolute atomic E-state index is 0.0907. The molecule has 0 radical (unpaired) electrons. The highest BCUT2D eigenvalue weighted by Crippen LogP contribution is 2.14. The van der Waals surface area contributed by atoms with Crippen molar-refractivity contribution in [2.75, 3.05) is 13.2 Å². The molecule has 0 aliphatic heterocycles. The minimum Gasteiger partial charge on any atom is -0.462 e. The highest BCUT2D eigenvalue weighted by Gasteiger charge is 2.19. The third kappa shape index (κ3) is 51.8. The number of ether oxygens (including phenoxy) is 3. The molecular weight excluding hydrogens is 817 g/mol. The summed E-state index contributed by atoms with van der Waals surface area (Å²) in [5, 5.41) is 0. The third-order valence-electron chi connectivity index (χ3n) is 12.0. The van der Waals surface area contributed by atoms with E-state index >= 15 is 0 Å². The van der Waals surface area contributed by atoms with Crippen LogP contribution >= 0.6 is 0 Å². The molecular formula is C60H104O6. The lowest BCUT2D eigenvalue weighted by Crippen LogP contribution is -2.30. The second kappa shape index (κ2) is 54.5. The van der Waals surface area contributed by atoms with Crippen LogP contribution in [0.1, 0.15) is 271 Å². The average molecular weight is 921 g/mol. The van der Waals surface area contributed by atoms with E-state index in [1.165, 1.54) is 128 Å². The van der Waals surface area contributed by atoms with E-state index in [4.69, 9.17) is 14.2 Å². The molecule has 0 bridgehead atoms. The molecule has 0 aromatic carbocycles. The molecule has 0 saturated heterocycles. The van der Waals surface area contributed by atoms with Gasteiger partial charge in [-0.05, 0) is 96.3 Å². The lowest BCUT2D eigenvalue weighted by atomic mass is 10.1. The van der Waals surface area contributed by atoms with Crippen LogP contribution in [0.25, 0.3) is 0 Å². The molecule has 66 heavy (non-hydrogen) atoms. The van der Waals surface area contributed by atoms with E-state index in [0.29, 0.717) is 19.3 Å². The van der Waals surface area contributed by atoms with Gasteiger partial charge in [-0.1, -0.05) is 229 Å². The van der Waals surface area contributed by atoms with Crippen LogP contribution in [-0.4, -0.2) is 37.2 Å². The summed E-state index contributed by atoms with van der Waals surface area (Å²) in [7, 11) is 0. The number of allylic oxidation sites excluding steroid dienone is 12. The van der Waals surface area contributed by atoms with Gasteiger partial charge in [-0.25, -0.2) is 0 Å². The van der Waals surface area contributed by atoms with Gasteiger partial charge in [0.2, 0.25) is 0 Å². The molecule has 0 amide bonds. The van der Waals surface area contributed by atoms with Gasteiger partial charge in [0.25, 0.3) is 0 Å². The summed E-state index contributed by atoms with van der Waals surface area (Å²) in [5.41, 5.74) is 0. The maximum absolute atomic E-state index is 12.8. The minimum atomic E-state index is -0.793. The average Bonchev–Trinajstić information content (AvgIpc) is 3.31. The number of carbonyl (C=O) groups is 3. The van der Waals surface area contributed by atoms with Gasteiger partial charge >= 0.3 is 17.9 Å². The van der Waals surface area contributed by atoms with Crippen LogP contribution in [0.4, 0.5) is 0 Å². The van der Waals surface area contributed by atoms with Gasteiger partial charge in [0.05, 0.1) is 0 Å². The van der Waals surface area contributed by atoms with E-state index in [9.17, 15) is 14.4 Å². The predicted molar refractivity (Wildman–Crippen MR) is 284 cm³/mol. The highest BCUT2D eigenvalue weighted by molar-refractivity contribution is 5.71. The number of unbranched alkanes of at least 4 members (excludes halogenated alkanes) is 30. The first-order valence-electron chi connectivity index (χ1n) is 28.0. The Balaban J connectivity index is 4.43. The lowest BCUT2D eigenvalue weighted by Gasteiger charge is -2.18. The highest BCUT2D eigenvalue weighted by atomic mass is 16.6. The molecule has 0 aromatic rings. The number of hydrogen-bond acceptors (Lipinski definition) is 6. The van der Waals surface area contributed by atoms with Crippen molar-refractivity contribution in [3.05, 3.63) is 72.9 Å². The molecule has 0 aliphatic rings. The Morgan fingerprint density at radius 2 is 0.561 bits per heavy atom. The van der Waals surface area contributed by atoms with E-state index < -0.39 is 6.10 Å². The van der Waals surface area contributed by atoms with E-state index in [1.807, 2.05) is 0 Å². The van der Waals surface area contributed by atoms with Crippen molar-refractivity contribution < 1.29 is 28.6 Å². The second-order valence-electron chi connectivity index (χ2n) is 18.6. The summed E-state index contributed by atoms with van der Waals surface area (Å²) in [6.45, 7) is 6.56. The van der Waals surface area contributed by atoms with Crippen LogP contribution in [0.15, 0.2) is 72.9 Å². The Morgan fingerprint density at radius 1 is 0.303 bits per heavy atom. The van der Waals surface area contributed by atoms with E-state index in [1.54, 1.807) is 0 Å². The molecule has 6 heteroatoms. The van der Waals surface area contributed by atoms with Gasteiger partial charge in [0.15, 0.2) is 6.10 Å². The van der Waals surface area contributed by atoms with Crippen LogP contribution in [0.3, 0.4) is 0 Å². The molecule has 0 rings (SSSR count). The molecule has 1 atom stereocenters. The number of esters is 3. The van der Waals surface area contributed by atoms with Gasteiger partial charge in [0.1, 0.15) is 13.2 Å². The standard InChI is InChI=1S/C60H104O6/c1-4-7-10-13-16-19-22-25-27-29-31-33-35-38-41-44-47-50-53-59(62)65-56-57(55-64-58(61)52-49-46-43-40-37-24-21-18-15-12-9-6-3)66-60(63)54-51-48-45-42-39-36-34-32-30-28-26-23-20-17-14-11-8-5-2/h16,18-19,21-22,25,27,29,31-34,57H,4-15,17,20,23-24,26,28,30,35-56H2,1-3H3/b19-16-,21-18-,25-22-,29-27-,33-31-,34-32-. The fourth-order valence-electron chi connectivity index (χ4n) is 7.74. The number of carbonyl (C=O) groups excluding carboxylic acids is 3. The summed E-state index contributed by atoms with van der Waals surface area (Å²) < 4.78 is 16.8. The number of rotatable bonds is 50. The van der Waals surface area contributed by atoms with E-state index in [2.05, 4.69) is 93.7 Å². The maximum Gasteiger partial charge on any atom is 0.306 e. The molecule has 380 valence electrons. The summed E-state index contributed by atoms with van der Waals surface area (Å²) in [6, 6.07) is 0. The molecule has 0 heterocycles. The predicted octanol–water partition coefficient (Wildman–Crippen LogP) is 18.6. The van der Waals surface area contributed by atoms with Crippen molar-refractivity contribution in [2.45, 2.75) is 277 Å². The van der Waals surface area contributed by atoms with Crippen molar-refractivity contribution in [3.63, 3.8) is 0 Å². The number of hydrogen-bond donors (Lipinski definition) is 0. The zero-order valence-electron chi connectivity index (χ0n) is 43.4. The Labute approximate surface area is 408 Å². The molecule has 0 aliphatic carbocycles. The molecule has 6 nitrogen and oxygen atoms in total. The van der Waals surface area contributed by atoms with Crippen LogP contribution in [0, 0.1) is 0 Å². The Morgan fingerprint density at radius 3 is 0.924 bits per heavy atom. The smallest absolute Gasteiger partial charge is 0.306 e. The molecule has 0 fully saturated rings. The Kier molecular flexibility index (Phi) is 51.9. The molecule has 1 unspecified atom stereocenters. The Bertz CT molecular complexity index is 1240. The van der Waals surface area contributed by atoms with Crippen molar-refractivity contribution in [1.29, 1.82) is 0 Å². The first kappa shape index (κ1) is 62.8. The Hall–Kier alpha value is -3.15. The quantitative estimate of drug-likeness (QED) is 0.0199. The molecule has 0 spiro atoms. The molecule has 0 N–H and O–H groups in total. The summed E-state index contributed by atoms with van der Waals surface area (Å²) >= 11 is 0. The second-order valence-corrected chi connectivity index (χ2v) is 18.6. The zero-order chi connectivity index (χ0) is 47.9. The van der Waals surface area contributed by atoms with Gasteiger partial charge in [-0.15, -0.1) is 0 Å². The summed E-state index contributed by atoms with van der Waals surface area (Å²) in [6.07, 6.45) is 68.8. The molecule has 0 aromatic heterocycles. The normalized spacial score (nSPS) is 12.6. The largest absolute Gasteiger partial charge is 0.462 e. The van der Waals surface area contributed by atoms with Crippen LogP contribution in [0.2, 0.25) is 0 Å². The zero-order valence-corrected chi connectivity index (χ0v) is 43.4. The van der Waals surface area contributed by atoms with Gasteiger partial charge in [0, 0.05) is 19.3 Å². The first-order chi connectivity index (χ1) is 32.5. The monoisotopic (exact) mass is 921 g/mol. The topological polar surface area (TPSA) is 78.9 Å². The van der Waals surface area contributed by atoms with E-state index in [0.717, 1.165) is 103 Å². The first-order valence-corrected chi connectivity index (χ1v) is 28.0. The van der Waals surface area contributed by atoms with Crippen molar-refractivity contribution in [2.24, 2.45) is 0 Å². The van der Waals surface area contributed by atoms with Gasteiger partial charge in [-0.3, -0.25) is 14.4 Å². The fraction of sp³-hybridized carbons (Fsp3) is 0.750. The van der Waals surface area contributed by atoms with Crippen LogP contribution in [0.5, 0.6) is 0 Å². The van der Waals surface area contributed by atoms with Gasteiger partial charge in [-0.2, -0.15) is 0 Å². The van der Waals surface area contributed by atoms with Crippen molar-refractivity contribution in [1.82, 2.24) is 0 Å². The van der Waals surface area contributed by atoms with Crippen molar-refractivity contribution in [3.8, 4) is 0 Å². The summed E-state index contributed by atoms with van der Waals surface area (Å²) in [5.74, 6) is -0.925. The summed E-state index contributed by atoms with van der Waals surface area (Å²) in [4.78, 5) is 38.1. The SMILES string of the molecule is CCCCC\C=C/C=C\C=C/C=C\CCCCCCCC(=O)OCC(COC(=O)CCCCCCC/C=C\CCCCC)OC(=O)CCCCCCC/C=C\CCCCCCCCCCC. The maximum atomic E-state index is 12.8. The van der Waals surface area contributed by atoms with Crippen LogP contribution < -0.4 is 0 Å². The van der Waals surface area contributed by atoms with Gasteiger partial charge < -0.3 is 14.2 Å². The fourth-order valence-corrected chi connectivity index (χ4v) is 7.74. The third-order valence-corrected chi connectivity index (χ3v) is 12.0. The van der Waals surface area contributed by atoms with E-state index in [-0.39, 0.29) is 31.1 Å². The molecule has 0 saturated carbocycles. The van der Waals surface area contributed by atoms with Crippen LogP contribution in [-0.2, 0) is 28.6 Å². The van der Waals surface area contributed by atoms with Crippen molar-refractivity contribution >= 4 is 17.9 Å². The lowest BCUT2D eigenvalue weighted by molar-refractivity contribution is -0.167.